The number of rotatable bonds is 10. The van der Waals surface area contributed by atoms with Crippen LogP contribution in [0.3, 0.4) is 0 Å². The molecule has 1 rings (SSSR count). The fourth-order valence-electron chi connectivity index (χ4n) is 2.03. The number of ketones is 1. The molecule has 0 fully saturated rings. The minimum Gasteiger partial charge on any atom is -0.484 e. The van der Waals surface area contributed by atoms with Gasteiger partial charge in [-0.1, -0.05) is 20.8 Å². The zero-order chi connectivity index (χ0) is 16.4. The van der Waals surface area contributed by atoms with Crippen molar-refractivity contribution in [3.8, 4) is 5.75 Å². The molecule has 22 heavy (non-hydrogen) atoms. The molecule has 0 aromatic heterocycles. The summed E-state index contributed by atoms with van der Waals surface area (Å²) in [6, 6.07) is 6.87. The van der Waals surface area contributed by atoms with E-state index in [1.54, 1.807) is 24.3 Å². The van der Waals surface area contributed by atoms with Gasteiger partial charge in [0.1, 0.15) is 5.75 Å². The Hall–Kier alpha value is -1.88. The Morgan fingerprint density at radius 2 is 1.73 bits per heavy atom. The quantitative estimate of drug-likeness (QED) is 0.673. The summed E-state index contributed by atoms with van der Waals surface area (Å²) in [6.07, 6.45) is 0.481. The highest BCUT2D eigenvalue weighted by Crippen LogP contribution is 2.13. The summed E-state index contributed by atoms with van der Waals surface area (Å²) in [5.41, 5.74) is 0.665. The maximum atomic E-state index is 11.7. The average Bonchev–Trinajstić information content (AvgIpc) is 2.56. The minimum atomic E-state index is -0.138. The summed E-state index contributed by atoms with van der Waals surface area (Å²) in [6.45, 7) is 9.43. The molecule has 1 N–H and O–H groups in total. The molecule has 5 nitrogen and oxygen atoms in total. The van der Waals surface area contributed by atoms with E-state index in [9.17, 15) is 9.59 Å². The number of likely N-dealkylation sites (N-methyl/N-ethyl adjacent to an activating group) is 1. The summed E-state index contributed by atoms with van der Waals surface area (Å²) >= 11 is 0. The Bertz CT molecular complexity index is 467. The molecule has 0 bridgehead atoms. The number of nitrogens with zero attached hydrogens (tertiary/aromatic N) is 1. The van der Waals surface area contributed by atoms with Crippen molar-refractivity contribution in [2.75, 3.05) is 32.8 Å². The molecule has 0 unspecified atom stereocenters. The van der Waals surface area contributed by atoms with Crippen molar-refractivity contribution in [1.29, 1.82) is 0 Å². The molecule has 122 valence electrons. The molecule has 0 atom stereocenters. The molecule has 1 amide bonds. The lowest BCUT2D eigenvalue weighted by atomic mass is 10.1. The number of Topliss-reactive ketones (excluding diaryl/α,β-unsaturated/α-hetero) is 1. The van der Waals surface area contributed by atoms with E-state index >= 15 is 0 Å². The van der Waals surface area contributed by atoms with E-state index in [1.807, 2.05) is 6.92 Å². The number of carbonyl (C=O) groups is 2. The highest BCUT2D eigenvalue weighted by molar-refractivity contribution is 5.95. The van der Waals surface area contributed by atoms with Crippen molar-refractivity contribution in [3.63, 3.8) is 0 Å². The zero-order valence-corrected chi connectivity index (χ0v) is 13.7. The predicted octanol–water partition coefficient (Wildman–Crippen LogP) is 2.12. The number of benzene rings is 1. The van der Waals surface area contributed by atoms with E-state index in [0.29, 0.717) is 24.3 Å². The van der Waals surface area contributed by atoms with Crippen LogP contribution in [0.1, 0.15) is 37.6 Å². The lowest BCUT2D eigenvalue weighted by molar-refractivity contribution is -0.123. The summed E-state index contributed by atoms with van der Waals surface area (Å²) in [5, 5.41) is 2.83. The fourth-order valence-corrected chi connectivity index (χ4v) is 2.03. The highest BCUT2D eigenvalue weighted by atomic mass is 16.5. The Kier molecular flexibility index (Phi) is 8.22. The maximum absolute atomic E-state index is 11.7. The lowest BCUT2D eigenvalue weighted by Gasteiger charge is -2.17. The molecular formula is C17H26N2O3. The van der Waals surface area contributed by atoms with E-state index in [4.69, 9.17) is 4.74 Å². The van der Waals surface area contributed by atoms with Crippen molar-refractivity contribution in [3.05, 3.63) is 29.8 Å². The lowest BCUT2D eigenvalue weighted by Crippen LogP contribution is -2.36. The molecule has 0 aliphatic carbocycles. The molecule has 1 aromatic carbocycles. The van der Waals surface area contributed by atoms with Crippen molar-refractivity contribution < 1.29 is 14.3 Å². The van der Waals surface area contributed by atoms with Crippen LogP contribution in [0.5, 0.6) is 5.75 Å². The third kappa shape index (κ3) is 6.26. The van der Waals surface area contributed by atoms with Crippen LogP contribution < -0.4 is 10.1 Å². The minimum absolute atomic E-state index is 0.0146. The van der Waals surface area contributed by atoms with Gasteiger partial charge in [-0.15, -0.1) is 0 Å². The van der Waals surface area contributed by atoms with Crippen molar-refractivity contribution >= 4 is 11.7 Å². The van der Waals surface area contributed by atoms with Crippen LogP contribution in [0.4, 0.5) is 0 Å². The van der Waals surface area contributed by atoms with Crippen LogP contribution in [-0.2, 0) is 4.79 Å². The summed E-state index contributed by atoms with van der Waals surface area (Å²) in [7, 11) is 0. The van der Waals surface area contributed by atoms with E-state index in [0.717, 1.165) is 19.6 Å². The van der Waals surface area contributed by atoms with Gasteiger partial charge in [0.05, 0.1) is 0 Å². The number of carbonyl (C=O) groups excluding carboxylic acids is 2. The monoisotopic (exact) mass is 306 g/mol. The molecule has 0 aliphatic heterocycles. The molecule has 0 heterocycles. The summed E-state index contributed by atoms with van der Waals surface area (Å²) < 4.78 is 5.41. The number of amides is 1. The molecule has 0 saturated carbocycles. The molecule has 0 aliphatic rings. The molecule has 0 saturated heterocycles. The van der Waals surface area contributed by atoms with E-state index in [-0.39, 0.29) is 18.3 Å². The first-order chi connectivity index (χ1) is 10.6. The Morgan fingerprint density at radius 3 is 2.27 bits per heavy atom. The van der Waals surface area contributed by atoms with Gasteiger partial charge in [0, 0.05) is 25.1 Å². The number of ether oxygens (including phenoxy) is 1. The van der Waals surface area contributed by atoms with E-state index in [2.05, 4.69) is 24.1 Å². The summed E-state index contributed by atoms with van der Waals surface area (Å²) in [5.74, 6) is 0.549. The fraction of sp³-hybridized carbons (Fsp3) is 0.529. The van der Waals surface area contributed by atoms with Crippen LogP contribution in [-0.4, -0.2) is 49.4 Å². The molecule has 5 heteroatoms. The smallest absolute Gasteiger partial charge is 0.257 e. The van der Waals surface area contributed by atoms with Gasteiger partial charge in [0.25, 0.3) is 5.91 Å². The SMILES string of the molecule is CCC(=O)c1ccc(OCC(=O)NCCN(CC)CC)cc1. The van der Waals surface area contributed by atoms with Crippen molar-refractivity contribution in [2.24, 2.45) is 0 Å². The van der Waals surface area contributed by atoms with Crippen LogP contribution >= 0.6 is 0 Å². The highest BCUT2D eigenvalue weighted by Gasteiger charge is 2.06. The van der Waals surface area contributed by atoms with Crippen LogP contribution in [0.2, 0.25) is 0 Å². The number of hydrogen-bond acceptors (Lipinski definition) is 4. The van der Waals surface area contributed by atoms with Gasteiger partial charge in [-0.05, 0) is 37.4 Å². The first kappa shape index (κ1) is 18.2. The van der Waals surface area contributed by atoms with Crippen LogP contribution in [0.15, 0.2) is 24.3 Å². The molecule has 0 radical (unpaired) electrons. The van der Waals surface area contributed by atoms with Crippen LogP contribution in [0.25, 0.3) is 0 Å². The standard InChI is InChI=1S/C17H26N2O3/c1-4-16(20)14-7-9-15(10-8-14)22-13-17(21)18-11-12-19(5-2)6-3/h7-10H,4-6,11-13H2,1-3H3,(H,18,21). The van der Waals surface area contributed by atoms with Gasteiger partial charge >= 0.3 is 0 Å². The first-order valence-corrected chi connectivity index (χ1v) is 7.85. The van der Waals surface area contributed by atoms with Gasteiger partial charge in [-0.25, -0.2) is 0 Å². The summed E-state index contributed by atoms with van der Waals surface area (Å²) in [4.78, 5) is 25.4. The second kappa shape index (κ2) is 9.95. The molecular weight excluding hydrogens is 280 g/mol. The van der Waals surface area contributed by atoms with Gasteiger partial charge < -0.3 is 15.0 Å². The average molecular weight is 306 g/mol. The van der Waals surface area contributed by atoms with Gasteiger partial charge in [0.2, 0.25) is 0 Å². The van der Waals surface area contributed by atoms with Gasteiger partial charge in [0.15, 0.2) is 12.4 Å². The third-order valence-corrected chi connectivity index (χ3v) is 3.51. The second-order valence-corrected chi connectivity index (χ2v) is 4.97. The van der Waals surface area contributed by atoms with Crippen LogP contribution in [0, 0.1) is 0 Å². The zero-order valence-electron chi connectivity index (χ0n) is 13.7. The number of nitrogens with one attached hydrogen (secondary N) is 1. The Morgan fingerprint density at radius 1 is 1.09 bits per heavy atom. The topological polar surface area (TPSA) is 58.6 Å². The van der Waals surface area contributed by atoms with Crippen molar-refractivity contribution in [1.82, 2.24) is 10.2 Å². The first-order valence-electron chi connectivity index (χ1n) is 7.85. The third-order valence-electron chi connectivity index (χ3n) is 3.51. The predicted molar refractivity (Wildman–Crippen MR) is 87.4 cm³/mol. The van der Waals surface area contributed by atoms with E-state index in [1.165, 1.54) is 0 Å². The maximum Gasteiger partial charge on any atom is 0.257 e. The Balaban J connectivity index is 2.30. The van der Waals surface area contributed by atoms with Crippen molar-refractivity contribution in [2.45, 2.75) is 27.2 Å². The van der Waals surface area contributed by atoms with Gasteiger partial charge in [-0.3, -0.25) is 9.59 Å². The largest absolute Gasteiger partial charge is 0.484 e. The van der Waals surface area contributed by atoms with E-state index < -0.39 is 0 Å². The number of hydrogen-bond donors (Lipinski definition) is 1. The molecule has 1 aromatic rings. The van der Waals surface area contributed by atoms with Gasteiger partial charge in [-0.2, -0.15) is 0 Å². The molecule has 0 spiro atoms. The second-order valence-electron chi connectivity index (χ2n) is 4.97. The Labute approximate surface area is 132 Å². The normalized spacial score (nSPS) is 10.5.